The predicted octanol–water partition coefficient (Wildman–Crippen LogP) is 2.06. The van der Waals surface area contributed by atoms with E-state index in [0.717, 1.165) is 37.0 Å². The number of methoxy groups -OCH3 is 1. The second kappa shape index (κ2) is 7.92. The molecule has 2 amide bonds. The lowest BCUT2D eigenvalue weighted by Gasteiger charge is -2.31. The van der Waals surface area contributed by atoms with Gasteiger partial charge in [0.25, 0.3) is 0 Å². The van der Waals surface area contributed by atoms with Gasteiger partial charge in [0.2, 0.25) is 11.8 Å². The lowest BCUT2D eigenvalue weighted by atomic mass is 9.84. The molecule has 130 valence electrons. The monoisotopic (exact) mass is 348 g/mol. The molecule has 1 unspecified atom stereocenters. The molecule has 0 spiro atoms. The van der Waals surface area contributed by atoms with Gasteiger partial charge in [0.1, 0.15) is 11.8 Å². The first kappa shape index (κ1) is 17.1. The molecule has 0 aromatic heterocycles. The highest BCUT2D eigenvalue weighted by atomic mass is 32.2. The van der Waals surface area contributed by atoms with E-state index in [-0.39, 0.29) is 23.8 Å². The molecule has 1 aromatic carbocycles. The van der Waals surface area contributed by atoms with E-state index in [1.165, 1.54) is 0 Å². The number of carbonyl (C=O) groups excluding carboxylic acids is 2. The maximum atomic E-state index is 12.4. The highest BCUT2D eigenvalue weighted by Crippen LogP contribution is 2.32. The number of carbonyl (C=O) groups is 2. The lowest BCUT2D eigenvalue weighted by molar-refractivity contribution is -0.143. The molecule has 1 saturated heterocycles. The van der Waals surface area contributed by atoms with E-state index in [2.05, 4.69) is 5.32 Å². The van der Waals surface area contributed by atoms with Crippen molar-refractivity contribution in [1.82, 2.24) is 10.2 Å². The Kier molecular flexibility index (Phi) is 5.66. The zero-order valence-corrected chi connectivity index (χ0v) is 14.8. The van der Waals surface area contributed by atoms with Crippen molar-refractivity contribution >= 4 is 23.6 Å². The third-order valence-corrected chi connectivity index (χ3v) is 5.81. The van der Waals surface area contributed by atoms with Gasteiger partial charge in [-0.2, -0.15) is 0 Å². The second-order valence-corrected chi connectivity index (χ2v) is 7.34. The van der Waals surface area contributed by atoms with E-state index in [1.54, 1.807) is 23.8 Å². The molecule has 1 aliphatic heterocycles. The average Bonchev–Trinajstić information content (AvgIpc) is 3.03. The fraction of sp³-hybridized carbons (Fsp3) is 0.556. The van der Waals surface area contributed by atoms with Crippen molar-refractivity contribution in [2.24, 2.45) is 5.92 Å². The molecule has 1 aliphatic carbocycles. The number of ether oxygens (including phenoxy) is 1. The fourth-order valence-electron chi connectivity index (χ4n) is 3.01. The summed E-state index contributed by atoms with van der Waals surface area (Å²) in [5, 5.41) is 2.98. The lowest BCUT2D eigenvalue weighted by Crippen LogP contribution is -2.50. The summed E-state index contributed by atoms with van der Waals surface area (Å²) in [5.74, 6) is 2.47. The van der Waals surface area contributed by atoms with Crippen LogP contribution in [0.3, 0.4) is 0 Å². The van der Waals surface area contributed by atoms with Gasteiger partial charge in [-0.25, -0.2) is 0 Å². The van der Waals surface area contributed by atoms with Gasteiger partial charge in [-0.05, 0) is 37.0 Å². The molecule has 24 heavy (non-hydrogen) atoms. The summed E-state index contributed by atoms with van der Waals surface area (Å²) in [6, 6.07) is 7.54. The Morgan fingerprint density at radius 1 is 1.29 bits per heavy atom. The Hall–Kier alpha value is -1.69. The fourth-order valence-corrected chi connectivity index (χ4v) is 4.17. The van der Waals surface area contributed by atoms with Crippen LogP contribution in [0.25, 0.3) is 0 Å². The Labute approximate surface area is 147 Å². The van der Waals surface area contributed by atoms with Crippen LogP contribution >= 0.6 is 11.8 Å². The zero-order valence-electron chi connectivity index (χ0n) is 14.0. The smallest absolute Gasteiger partial charge is 0.243 e. The summed E-state index contributed by atoms with van der Waals surface area (Å²) in [5.41, 5.74) is 1.15. The molecule has 2 fully saturated rings. The van der Waals surface area contributed by atoms with Crippen LogP contribution in [0.15, 0.2) is 24.3 Å². The third-order valence-electron chi connectivity index (χ3n) is 4.79. The number of hydrogen-bond acceptors (Lipinski definition) is 4. The number of thioether (sulfide) groups is 1. The molecular formula is C18H24N2O3S. The van der Waals surface area contributed by atoms with Crippen molar-refractivity contribution in [3.8, 4) is 5.75 Å². The first-order valence-corrected chi connectivity index (χ1v) is 9.63. The molecular weight excluding hydrogens is 324 g/mol. The molecule has 0 radical (unpaired) electrons. The number of rotatable bonds is 6. The first-order valence-electron chi connectivity index (χ1n) is 8.48. The highest BCUT2D eigenvalue weighted by molar-refractivity contribution is 7.99. The first-order chi connectivity index (χ1) is 11.7. The van der Waals surface area contributed by atoms with E-state index in [0.29, 0.717) is 18.2 Å². The quantitative estimate of drug-likeness (QED) is 0.855. The molecule has 3 rings (SSSR count). The summed E-state index contributed by atoms with van der Waals surface area (Å²) in [6.07, 6.45) is 3.86. The van der Waals surface area contributed by atoms with E-state index >= 15 is 0 Å². The van der Waals surface area contributed by atoms with Gasteiger partial charge >= 0.3 is 0 Å². The van der Waals surface area contributed by atoms with E-state index < -0.39 is 0 Å². The van der Waals surface area contributed by atoms with Gasteiger partial charge in [-0.3, -0.25) is 9.59 Å². The van der Waals surface area contributed by atoms with Gasteiger partial charge in [0.05, 0.1) is 13.0 Å². The average molecular weight is 348 g/mol. The van der Waals surface area contributed by atoms with Crippen molar-refractivity contribution in [1.29, 1.82) is 0 Å². The van der Waals surface area contributed by atoms with Crippen molar-refractivity contribution in [3.63, 3.8) is 0 Å². The Morgan fingerprint density at radius 2 is 2.04 bits per heavy atom. The number of nitrogens with zero attached hydrogens (tertiary/aromatic N) is 1. The van der Waals surface area contributed by atoms with E-state index in [1.807, 2.05) is 24.3 Å². The standard InChI is InChI=1S/C18H24N2O3S/c1-23-15-7-5-13(6-8-15)9-10-19-17(21)16-11-24-12-20(16)18(22)14-3-2-4-14/h5-8,14,16H,2-4,9-12H2,1H3,(H,19,21). The van der Waals surface area contributed by atoms with Crippen molar-refractivity contribution in [2.45, 2.75) is 31.7 Å². The van der Waals surface area contributed by atoms with Gasteiger partial charge in [0.15, 0.2) is 0 Å². The molecule has 1 atom stereocenters. The Morgan fingerprint density at radius 3 is 2.67 bits per heavy atom. The van der Waals surface area contributed by atoms with Gasteiger partial charge in [-0.15, -0.1) is 11.8 Å². The summed E-state index contributed by atoms with van der Waals surface area (Å²) in [4.78, 5) is 26.6. The maximum absolute atomic E-state index is 12.4. The molecule has 1 heterocycles. The molecule has 1 aromatic rings. The topological polar surface area (TPSA) is 58.6 Å². The van der Waals surface area contributed by atoms with Crippen LogP contribution in [0, 0.1) is 5.92 Å². The van der Waals surface area contributed by atoms with Crippen LogP contribution in [-0.2, 0) is 16.0 Å². The van der Waals surface area contributed by atoms with Gasteiger partial charge < -0.3 is 15.0 Å². The normalized spacial score (nSPS) is 20.5. The molecule has 1 N–H and O–H groups in total. The molecule has 1 saturated carbocycles. The van der Waals surface area contributed by atoms with Gasteiger partial charge in [-0.1, -0.05) is 18.6 Å². The predicted molar refractivity (Wildman–Crippen MR) is 95.0 cm³/mol. The molecule has 6 heteroatoms. The molecule has 0 bridgehead atoms. The van der Waals surface area contributed by atoms with Crippen molar-refractivity contribution in [2.75, 3.05) is 25.3 Å². The SMILES string of the molecule is COc1ccc(CCNC(=O)C2CSCN2C(=O)C2CCC2)cc1. The number of amides is 2. The molecule has 2 aliphatic rings. The second-order valence-electron chi connectivity index (χ2n) is 6.34. The van der Waals surface area contributed by atoms with Crippen molar-refractivity contribution in [3.05, 3.63) is 29.8 Å². The minimum absolute atomic E-state index is 0.0267. The summed E-state index contributed by atoms with van der Waals surface area (Å²) in [6.45, 7) is 0.581. The van der Waals surface area contributed by atoms with Crippen LogP contribution in [-0.4, -0.2) is 48.0 Å². The van der Waals surface area contributed by atoms with Gasteiger partial charge in [0, 0.05) is 18.2 Å². The van der Waals surface area contributed by atoms with Crippen LogP contribution in [0.5, 0.6) is 5.75 Å². The van der Waals surface area contributed by atoms with Crippen LogP contribution in [0.1, 0.15) is 24.8 Å². The number of hydrogen-bond donors (Lipinski definition) is 1. The third kappa shape index (κ3) is 3.86. The maximum Gasteiger partial charge on any atom is 0.243 e. The largest absolute Gasteiger partial charge is 0.497 e. The Balaban J connectivity index is 1.47. The minimum Gasteiger partial charge on any atom is -0.497 e. The Bertz CT molecular complexity index is 586. The van der Waals surface area contributed by atoms with E-state index in [9.17, 15) is 9.59 Å². The summed E-state index contributed by atoms with van der Waals surface area (Å²) < 4.78 is 5.14. The summed E-state index contributed by atoms with van der Waals surface area (Å²) in [7, 11) is 1.64. The highest BCUT2D eigenvalue weighted by Gasteiger charge is 2.38. The van der Waals surface area contributed by atoms with Crippen LogP contribution in [0.4, 0.5) is 0 Å². The van der Waals surface area contributed by atoms with E-state index in [4.69, 9.17) is 4.74 Å². The minimum atomic E-state index is -0.307. The molecule has 5 nitrogen and oxygen atoms in total. The van der Waals surface area contributed by atoms with Crippen LogP contribution < -0.4 is 10.1 Å². The summed E-state index contributed by atoms with van der Waals surface area (Å²) >= 11 is 1.66. The van der Waals surface area contributed by atoms with Crippen molar-refractivity contribution < 1.29 is 14.3 Å². The number of benzene rings is 1. The zero-order chi connectivity index (χ0) is 16.9. The van der Waals surface area contributed by atoms with Crippen LogP contribution in [0.2, 0.25) is 0 Å². The number of nitrogens with one attached hydrogen (secondary N) is 1.